The Labute approximate surface area is 60.0 Å². The molecule has 3 heteroatoms. The van der Waals surface area contributed by atoms with Crippen LogP contribution in [0.4, 0.5) is 0 Å². The van der Waals surface area contributed by atoms with Gasteiger partial charge in [0.1, 0.15) is 0 Å². The molecule has 2 nitrogen and oxygen atoms in total. The van der Waals surface area contributed by atoms with Crippen molar-refractivity contribution in [1.82, 2.24) is 4.98 Å². The zero-order valence-corrected chi connectivity index (χ0v) is 5.90. The van der Waals surface area contributed by atoms with Crippen molar-refractivity contribution in [3.05, 3.63) is 30.6 Å². The molecule has 1 N–H and O–H groups in total. The van der Waals surface area contributed by atoms with Gasteiger partial charge in [-0.25, -0.2) is 0 Å². The van der Waals surface area contributed by atoms with Crippen LogP contribution in [0.1, 0.15) is 0 Å². The molecule has 0 atom stereocenters. The van der Waals surface area contributed by atoms with Crippen LogP contribution in [0, 0.1) is 3.83 Å². The van der Waals surface area contributed by atoms with Crippen molar-refractivity contribution in [2.24, 2.45) is 0 Å². The van der Waals surface area contributed by atoms with Gasteiger partial charge in [-0.1, -0.05) is 6.07 Å². The van der Waals surface area contributed by atoms with E-state index in [1.165, 1.54) is 20.3 Å². The van der Waals surface area contributed by atoms with E-state index < -0.39 is 0 Å². The first kappa shape index (κ1) is 7.66. The zero-order valence-electron chi connectivity index (χ0n) is 4.33. The van der Waals surface area contributed by atoms with Crippen LogP contribution in [0.2, 0.25) is 0 Å². The Balaban J connectivity index is 0.000000222. The van der Waals surface area contributed by atoms with Gasteiger partial charge in [-0.05, 0) is 12.1 Å². The molecule has 0 aliphatic carbocycles. The second-order valence-electron chi connectivity index (χ2n) is 1.02. The first-order valence-electron chi connectivity index (χ1n) is 2.10. The van der Waals surface area contributed by atoms with Crippen LogP contribution in [-0.4, -0.2) is 4.98 Å². The molecule has 40 valence electrons. The molecular formula is C5H6N2Ti. The standard InChI is InChI=1S/C5H5N.HN.Ti/c1-2-4-6-5-3-1;;/h1-5H;1H;. The maximum absolute atomic E-state index is 5.75. The molecule has 0 aliphatic heterocycles. The first-order chi connectivity index (χ1) is 4.00. The van der Waals surface area contributed by atoms with Crippen molar-refractivity contribution in [2.45, 2.75) is 0 Å². The van der Waals surface area contributed by atoms with Crippen LogP contribution in [0.25, 0.3) is 0 Å². The zero-order chi connectivity index (χ0) is 6.24. The minimum absolute atomic E-state index is 1.25. The number of hydrogen-bond donors (Lipinski definition) is 1. The Morgan fingerprint density at radius 3 is 1.62 bits per heavy atom. The van der Waals surface area contributed by atoms with Gasteiger partial charge in [0, 0.05) is 12.4 Å². The fraction of sp³-hybridized carbons (Fsp3) is 0. The Bertz CT molecular complexity index is 93.3. The van der Waals surface area contributed by atoms with Gasteiger partial charge in [-0.2, -0.15) is 0 Å². The molecule has 1 aromatic rings. The molecule has 8 heavy (non-hydrogen) atoms. The van der Waals surface area contributed by atoms with E-state index in [2.05, 4.69) is 4.98 Å². The first-order valence-corrected chi connectivity index (χ1v) is 2.88. The summed E-state index contributed by atoms with van der Waals surface area (Å²) < 4.78 is 5.75. The Kier molecular flexibility index (Phi) is 6.38. The van der Waals surface area contributed by atoms with Crippen molar-refractivity contribution in [3.8, 4) is 0 Å². The summed E-state index contributed by atoms with van der Waals surface area (Å²) in [7, 11) is 0. The molecule has 0 unspecified atom stereocenters. The molecule has 0 aliphatic rings. The Morgan fingerprint density at radius 1 is 1.00 bits per heavy atom. The third-order valence-electron chi connectivity index (χ3n) is 0.566. The Morgan fingerprint density at radius 2 is 1.50 bits per heavy atom. The third kappa shape index (κ3) is 3.84. The van der Waals surface area contributed by atoms with Crippen molar-refractivity contribution in [1.29, 1.82) is 3.83 Å². The maximum Gasteiger partial charge on any atom is 0.0267 e. The molecule has 1 heterocycles. The number of pyridine rings is 1. The van der Waals surface area contributed by atoms with Crippen molar-refractivity contribution < 1.29 is 20.3 Å². The molecule has 0 saturated heterocycles. The molecule has 0 spiro atoms. The van der Waals surface area contributed by atoms with Gasteiger partial charge in [0.05, 0.1) is 0 Å². The van der Waals surface area contributed by atoms with Crippen LogP contribution in [-0.2, 0) is 20.3 Å². The second-order valence-corrected chi connectivity index (χ2v) is 1.02. The van der Waals surface area contributed by atoms with Gasteiger partial charge < -0.3 is 0 Å². The number of nitrogens with one attached hydrogen (secondary N) is 1. The van der Waals surface area contributed by atoms with Gasteiger partial charge in [0.15, 0.2) is 0 Å². The predicted molar refractivity (Wildman–Crippen MR) is 27.0 cm³/mol. The third-order valence-corrected chi connectivity index (χ3v) is 0.566. The molecule has 1 aromatic heterocycles. The summed E-state index contributed by atoms with van der Waals surface area (Å²) in [5, 5.41) is 0. The van der Waals surface area contributed by atoms with Crippen LogP contribution in [0.15, 0.2) is 30.6 Å². The molecule has 0 aromatic carbocycles. The summed E-state index contributed by atoms with van der Waals surface area (Å²) in [4.78, 5) is 3.78. The van der Waals surface area contributed by atoms with Crippen molar-refractivity contribution >= 4 is 0 Å². The van der Waals surface area contributed by atoms with E-state index in [9.17, 15) is 0 Å². The second kappa shape index (κ2) is 6.66. The van der Waals surface area contributed by atoms with Gasteiger partial charge >= 0.3 is 24.1 Å². The predicted octanol–water partition coefficient (Wildman–Crippen LogP) is 1.38. The van der Waals surface area contributed by atoms with E-state index in [0.717, 1.165) is 0 Å². The quantitative estimate of drug-likeness (QED) is 0.545. The average molecular weight is 142 g/mol. The summed E-state index contributed by atoms with van der Waals surface area (Å²) in [6.07, 6.45) is 3.50. The molecular weight excluding hydrogens is 136 g/mol. The van der Waals surface area contributed by atoms with Crippen LogP contribution < -0.4 is 0 Å². The van der Waals surface area contributed by atoms with Crippen molar-refractivity contribution in [3.63, 3.8) is 0 Å². The fourth-order valence-corrected chi connectivity index (χ4v) is 0.313. The fourth-order valence-electron chi connectivity index (χ4n) is 0.313. The molecule has 0 radical (unpaired) electrons. The van der Waals surface area contributed by atoms with Gasteiger partial charge in [0.2, 0.25) is 0 Å². The maximum atomic E-state index is 5.75. The smallest absolute Gasteiger partial charge is 0.0267 e. The topological polar surface area (TPSA) is 36.7 Å². The van der Waals surface area contributed by atoms with E-state index >= 15 is 0 Å². The Hall–Kier alpha value is -0.336. The monoisotopic (exact) mass is 142 g/mol. The summed E-state index contributed by atoms with van der Waals surface area (Å²) in [6, 6.07) is 5.72. The van der Waals surface area contributed by atoms with E-state index in [4.69, 9.17) is 3.83 Å². The number of aromatic nitrogens is 1. The van der Waals surface area contributed by atoms with Gasteiger partial charge in [0.25, 0.3) is 0 Å². The number of hydrogen-bond acceptors (Lipinski definition) is 2. The number of nitrogens with zero attached hydrogens (tertiary/aromatic N) is 1. The van der Waals surface area contributed by atoms with E-state index in [0.29, 0.717) is 0 Å². The van der Waals surface area contributed by atoms with E-state index in [1.54, 1.807) is 12.4 Å². The summed E-state index contributed by atoms with van der Waals surface area (Å²) in [5.74, 6) is 0. The van der Waals surface area contributed by atoms with E-state index in [-0.39, 0.29) is 0 Å². The molecule has 0 saturated carbocycles. The molecule has 0 amide bonds. The summed E-state index contributed by atoms with van der Waals surface area (Å²) in [5.41, 5.74) is 0. The largest absolute Gasteiger partial charge is 0.265 e. The van der Waals surface area contributed by atoms with E-state index in [1.807, 2.05) is 18.2 Å². The average Bonchev–Trinajstić information content (AvgIpc) is 1.96. The minimum atomic E-state index is 1.25. The summed E-state index contributed by atoms with van der Waals surface area (Å²) in [6.45, 7) is 0. The number of rotatable bonds is 0. The van der Waals surface area contributed by atoms with Crippen LogP contribution in [0.5, 0.6) is 0 Å². The van der Waals surface area contributed by atoms with Crippen LogP contribution >= 0.6 is 0 Å². The molecule has 0 bridgehead atoms. The van der Waals surface area contributed by atoms with Gasteiger partial charge in [-0.3, -0.25) is 4.98 Å². The van der Waals surface area contributed by atoms with Crippen LogP contribution in [0.3, 0.4) is 0 Å². The normalized spacial score (nSPS) is 6.38. The van der Waals surface area contributed by atoms with Gasteiger partial charge in [-0.15, -0.1) is 0 Å². The minimum Gasteiger partial charge on any atom is -0.265 e. The summed E-state index contributed by atoms with van der Waals surface area (Å²) >= 11 is 1.25. The van der Waals surface area contributed by atoms with Crippen molar-refractivity contribution in [2.75, 3.05) is 0 Å². The SMILES string of the molecule is [NH]=[Ti].c1ccncc1. The molecule has 0 fully saturated rings. The molecule has 1 rings (SSSR count).